The molecule has 3 rings (SSSR count). The highest BCUT2D eigenvalue weighted by atomic mass is 32.1. The van der Waals surface area contributed by atoms with Gasteiger partial charge < -0.3 is 15.5 Å². The summed E-state index contributed by atoms with van der Waals surface area (Å²) in [6.45, 7) is 7.70. The van der Waals surface area contributed by atoms with Crippen molar-refractivity contribution in [2.45, 2.75) is 57.0 Å². The van der Waals surface area contributed by atoms with Gasteiger partial charge in [0.15, 0.2) is 0 Å². The first-order chi connectivity index (χ1) is 12.1. The SMILES string of the molecule is CCC(C)C(NCC1CC(S)CN1)C(=O)N1CCc2ccccc2C1. The zero-order valence-corrected chi connectivity index (χ0v) is 16.3. The fraction of sp³-hybridized carbons (Fsp3) is 0.650. The summed E-state index contributed by atoms with van der Waals surface area (Å²) in [5.74, 6) is 0.585. The van der Waals surface area contributed by atoms with Gasteiger partial charge >= 0.3 is 0 Å². The zero-order valence-electron chi connectivity index (χ0n) is 15.4. The number of carbonyl (C=O) groups excluding carboxylic acids is 1. The molecule has 2 aliphatic heterocycles. The predicted octanol–water partition coefficient (Wildman–Crippen LogP) is 2.24. The van der Waals surface area contributed by atoms with Crippen LogP contribution in [0.25, 0.3) is 0 Å². The lowest BCUT2D eigenvalue weighted by Crippen LogP contribution is -2.53. The Balaban J connectivity index is 1.63. The molecule has 0 spiro atoms. The van der Waals surface area contributed by atoms with E-state index in [4.69, 9.17) is 0 Å². The molecule has 0 bridgehead atoms. The van der Waals surface area contributed by atoms with Crippen molar-refractivity contribution in [3.05, 3.63) is 35.4 Å². The summed E-state index contributed by atoms with van der Waals surface area (Å²) in [6.07, 6.45) is 3.02. The van der Waals surface area contributed by atoms with E-state index in [-0.39, 0.29) is 11.9 Å². The van der Waals surface area contributed by atoms with Gasteiger partial charge in [0.2, 0.25) is 5.91 Å². The summed E-state index contributed by atoms with van der Waals surface area (Å²) in [5.41, 5.74) is 2.68. The third-order valence-corrected chi connectivity index (χ3v) is 6.10. The lowest BCUT2D eigenvalue weighted by atomic mass is 9.94. The van der Waals surface area contributed by atoms with Crippen molar-refractivity contribution in [3.8, 4) is 0 Å². The summed E-state index contributed by atoms with van der Waals surface area (Å²) in [7, 11) is 0. The Morgan fingerprint density at radius 1 is 1.40 bits per heavy atom. The van der Waals surface area contributed by atoms with E-state index >= 15 is 0 Å². The number of fused-ring (bicyclic) bond motifs is 1. The molecule has 2 N–H and O–H groups in total. The van der Waals surface area contributed by atoms with Gasteiger partial charge in [-0.15, -0.1) is 0 Å². The van der Waals surface area contributed by atoms with Gasteiger partial charge in [0.05, 0.1) is 6.04 Å². The van der Waals surface area contributed by atoms with Crippen LogP contribution in [0.15, 0.2) is 24.3 Å². The number of amides is 1. The third kappa shape index (κ3) is 4.57. The van der Waals surface area contributed by atoms with Gasteiger partial charge in [0.25, 0.3) is 0 Å². The molecule has 25 heavy (non-hydrogen) atoms. The fourth-order valence-corrected chi connectivity index (χ4v) is 4.23. The Labute approximate surface area is 157 Å². The van der Waals surface area contributed by atoms with E-state index in [1.165, 1.54) is 11.1 Å². The van der Waals surface area contributed by atoms with Crippen molar-refractivity contribution in [1.82, 2.24) is 15.5 Å². The van der Waals surface area contributed by atoms with Crippen LogP contribution in [0.5, 0.6) is 0 Å². The van der Waals surface area contributed by atoms with Crippen LogP contribution >= 0.6 is 12.6 Å². The summed E-state index contributed by atoms with van der Waals surface area (Å²) in [4.78, 5) is 15.2. The van der Waals surface area contributed by atoms with Gasteiger partial charge in [-0.25, -0.2) is 0 Å². The minimum Gasteiger partial charge on any atom is -0.337 e. The van der Waals surface area contributed by atoms with Crippen LogP contribution in [0, 0.1) is 5.92 Å². The standard InChI is InChI=1S/C20H31N3OS/c1-3-14(2)19(22-11-17-10-18(25)12-21-17)20(24)23-9-8-15-6-4-5-7-16(15)13-23/h4-7,14,17-19,21-22,25H,3,8-13H2,1-2H3. The van der Waals surface area contributed by atoms with Gasteiger partial charge in [-0.3, -0.25) is 4.79 Å². The molecule has 1 aromatic rings. The zero-order chi connectivity index (χ0) is 17.8. The second-order valence-corrected chi connectivity index (χ2v) is 8.27. The van der Waals surface area contributed by atoms with Crippen LogP contribution in [0.1, 0.15) is 37.8 Å². The van der Waals surface area contributed by atoms with Crippen molar-refractivity contribution >= 4 is 18.5 Å². The molecular weight excluding hydrogens is 330 g/mol. The number of carbonyl (C=O) groups is 1. The summed E-state index contributed by atoms with van der Waals surface area (Å²) in [6, 6.07) is 8.80. The predicted molar refractivity (Wildman–Crippen MR) is 106 cm³/mol. The van der Waals surface area contributed by atoms with Crippen LogP contribution in [-0.4, -0.2) is 47.8 Å². The molecule has 4 nitrogen and oxygen atoms in total. The normalized spacial score (nSPS) is 25.5. The Morgan fingerprint density at radius 2 is 2.16 bits per heavy atom. The monoisotopic (exact) mass is 361 g/mol. The van der Waals surface area contributed by atoms with Crippen molar-refractivity contribution in [1.29, 1.82) is 0 Å². The number of hydrogen-bond acceptors (Lipinski definition) is 4. The average molecular weight is 362 g/mol. The quantitative estimate of drug-likeness (QED) is 0.681. The van der Waals surface area contributed by atoms with E-state index in [0.717, 1.165) is 45.4 Å². The van der Waals surface area contributed by atoms with E-state index < -0.39 is 0 Å². The van der Waals surface area contributed by atoms with Crippen LogP contribution in [0.2, 0.25) is 0 Å². The van der Waals surface area contributed by atoms with Gasteiger partial charge in [0, 0.05) is 37.5 Å². The van der Waals surface area contributed by atoms with Gasteiger partial charge in [-0.2, -0.15) is 12.6 Å². The Bertz CT molecular complexity index is 594. The van der Waals surface area contributed by atoms with E-state index in [1.807, 2.05) is 4.90 Å². The lowest BCUT2D eigenvalue weighted by Gasteiger charge is -2.34. The Hall–Kier alpha value is -1.04. The van der Waals surface area contributed by atoms with Crippen molar-refractivity contribution in [2.24, 2.45) is 5.92 Å². The Kier molecular flexibility index (Phi) is 6.42. The molecule has 138 valence electrons. The second kappa shape index (κ2) is 8.56. The maximum Gasteiger partial charge on any atom is 0.240 e. The molecule has 1 saturated heterocycles. The minimum atomic E-state index is -0.101. The van der Waals surface area contributed by atoms with E-state index in [1.54, 1.807) is 0 Å². The highest BCUT2D eigenvalue weighted by Crippen LogP contribution is 2.21. The molecule has 1 aromatic carbocycles. The van der Waals surface area contributed by atoms with E-state index in [2.05, 4.69) is 61.4 Å². The maximum atomic E-state index is 13.2. The molecule has 2 aliphatic rings. The first-order valence-electron chi connectivity index (χ1n) is 9.59. The highest BCUT2D eigenvalue weighted by molar-refractivity contribution is 7.81. The summed E-state index contributed by atoms with van der Waals surface area (Å²) in [5, 5.41) is 7.49. The first kappa shape index (κ1) is 18.7. The topological polar surface area (TPSA) is 44.4 Å². The number of hydrogen-bond donors (Lipinski definition) is 3. The third-order valence-electron chi connectivity index (χ3n) is 5.70. The van der Waals surface area contributed by atoms with Crippen molar-refractivity contribution in [3.63, 3.8) is 0 Å². The van der Waals surface area contributed by atoms with Gasteiger partial charge in [-0.05, 0) is 29.9 Å². The first-order valence-corrected chi connectivity index (χ1v) is 10.1. The smallest absolute Gasteiger partial charge is 0.240 e. The van der Waals surface area contributed by atoms with E-state index in [0.29, 0.717) is 17.2 Å². The number of rotatable bonds is 6. The molecule has 1 fully saturated rings. The number of benzene rings is 1. The maximum absolute atomic E-state index is 13.2. The number of thiol groups is 1. The molecule has 0 aliphatic carbocycles. The minimum absolute atomic E-state index is 0.101. The Morgan fingerprint density at radius 3 is 2.84 bits per heavy atom. The number of nitrogens with one attached hydrogen (secondary N) is 2. The van der Waals surface area contributed by atoms with Gasteiger partial charge in [0.1, 0.15) is 0 Å². The van der Waals surface area contributed by atoms with Crippen LogP contribution in [0.3, 0.4) is 0 Å². The summed E-state index contributed by atoms with van der Waals surface area (Å²) < 4.78 is 0. The van der Waals surface area contributed by atoms with Crippen LogP contribution in [0.4, 0.5) is 0 Å². The molecule has 0 radical (unpaired) electrons. The van der Waals surface area contributed by atoms with Gasteiger partial charge in [-0.1, -0.05) is 44.5 Å². The second-order valence-electron chi connectivity index (χ2n) is 7.54. The van der Waals surface area contributed by atoms with E-state index in [9.17, 15) is 4.79 Å². The molecular formula is C20H31N3OS. The average Bonchev–Trinajstić information content (AvgIpc) is 3.06. The molecule has 0 saturated carbocycles. The molecule has 5 heteroatoms. The summed E-state index contributed by atoms with van der Waals surface area (Å²) >= 11 is 4.54. The lowest BCUT2D eigenvalue weighted by molar-refractivity contribution is -0.135. The molecule has 4 unspecified atom stereocenters. The van der Waals surface area contributed by atoms with Crippen LogP contribution in [-0.2, 0) is 17.8 Å². The molecule has 2 heterocycles. The largest absolute Gasteiger partial charge is 0.337 e. The van der Waals surface area contributed by atoms with Crippen LogP contribution < -0.4 is 10.6 Å². The molecule has 0 aromatic heterocycles. The molecule has 4 atom stereocenters. The van der Waals surface area contributed by atoms with Crippen molar-refractivity contribution < 1.29 is 4.79 Å². The fourth-order valence-electron chi connectivity index (χ4n) is 3.87. The number of nitrogens with zero attached hydrogens (tertiary/aromatic N) is 1. The molecule has 1 amide bonds. The van der Waals surface area contributed by atoms with Crippen molar-refractivity contribution in [2.75, 3.05) is 19.6 Å². The highest BCUT2D eigenvalue weighted by Gasteiger charge is 2.31.